The Morgan fingerprint density at radius 3 is 2.10 bits per heavy atom. The first-order chi connectivity index (χ1) is 9.51. The van der Waals surface area contributed by atoms with E-state index in [0.717, 1.165) is 6.92 Å². The lowest BCUT2D eigenvalue weighted by Gasteiger charge is -2.39. The number of hydrogen-bond acceptors (Lipinski definition) is 7. The molecule has 0 saturated carbocycles. The summed E-state index contributed by atoms with van der Waals surface area (Å²) in [7, 11) is -4.88. The summed E-state index contributed by atoms with van der Waals surface area (Å²) in [6.45, 7) is 7.42. The maximum Gasteiger partial charge on any atom is 0.472 e. The van der Waals surface area contributed by atoms with Crippen molar-refractivity contribution in [2.75, 3.05) is 0 Å². The summed E-state index contributed by atoms with van der Waals surface area (Å²) in [6, 6.07) is 0. The molecule has 0 spiro atoms. The van der Waals surface area contributed by atoms with E-state index in [2.05, 4.69) is 11.1 Å². The van der Waals surface area contributed by atoms with Crippen LogP contribution in [0.25, 0.3) is 0 Å². The molecule has 4 atom stereocenters. The maximum atomic E-state index is 11.1. The van der Waals surface area contributed by atoms with Crippen molar-refractivity contribution in [2.24, 2.45) is 0 Å². The fraction of sp³-hybridized carbons (Fsp3) is 0.636. The molecule has 1 rings (SSSR count). The molecule has 0 unspecified atom stereocenters. The highest BCUT2D eigenvalue weighted by molar-refractivity contribution is 7.46. The summed E-state index contributed by atoms with van der Waals surface area (Å²) in [4.78, 5) is 39.9. The van der Waals surface area contributed by atoms with Gasteiger partial charge in [0.25, 0.3) is 0 Å². The SMILES string of the molecule is C=C1[C@@H](OC(C)=O)[C@@H](OP(=O)(O)O)O[C@H](C)[C@H]1OC(C)=O. The van der Waals surface area contributed by atoms with Gasteiger partial charge in [0.05, 0.1) is 6.10 Å². The highest BCUT2D eigenvalue weighted by Crippen LogP contribution is 2.42. The molecule has 0 aromatic carbocycles. The smallest absolute Gasteiger partial charge is 0.455 e. The van der Waals surface area contributed by atoms with Crippen molar-refractivity contribution in [1.82, 2.24) is 0 Å². The standard InChI is InChI=1S/C11H17O9P/c1-5-9(18-7(3)12)6(2)17-11(20-21(14,15)16)10(5)19-8(4)13/h6,9-11H,1H2,2-4H3,(H2,14,15,16)/t6-,9+,10-,11-/m1/s1. The minimum absolute atomic E-state index is 0.109. The first-order valence-corrected chi connectivity index (χ1v) is 7.47. The average molecular weight is 324 g/mol. The third kappa shape index (κ3) is 5.22. The van der Waals surface area contributed by atoms with E-state index in [0.29, 0.717) is 0 Å². The molecule has 0 radical (unpaired) electrons. The van der Waals surface area contributed by atoms with Gasteiger partial charge >= 0.3 is 19.8 Å². The van der Waals surface area contributed by atoms with E-state index in [1.54, 1.807) is 0 Å². The van der Waals surface area contributed by atoms with Crippen molar-refractivity contribution in [1.29, 1.82) is 0 Å². The molecular weight excluding hydrogens is 307 g/mol. The molecule has 9 nitrogen and oxygen atoms in total. The number of esters is 2. The lowest BCUT2D eigenvalue weighted by atomic mass is 9.97. The molecule has 10 heteroatoms. The molecule has 0 amide bonds. The molecule has 1 aliphatic heterocycles. The molecule has 0 aromatic rings. The Kier molecular flexibility index (Phi) is 5.66. The molecule has 120 valence electrons. The number of hydrogen-bond donors (Lipinski definition) is 2. The van der Waals surface area contributed by atoms with Crippen LogP contribution in [-0.4, -0.2) is 46.3 Å². The first kappa shape index (κ1) is 17.8. The zero-order valence-corrected chi connectivity index (χ0v) is 12.6. The Bertz CT molecular complexity index is 482. The van der Waals surface area contributed by atoms with Crippen LogP contribution in [0.5, 0.6) is 0 Å². The van der Waals surface area contributed by atoms with Crippen molar-refractivity contribution < 1.29 is 42.7 Å². The second-order valence-corrected chi connectivity index (χ2v) is 5.63. The van der Waals surface area contributed by atoms with E-state index >= 15 is 0 Å². The van der Waals surface area contributed by atoms with Crippen LogP contribution in [0.2, 0.25) is 0 Å². The van der Waals surface area contributed by atoms with Gasteiger partial charge in [-0.2, -0.15) is 0 Å². The molecule has 0 bridgehead atoms. The number of rotatable bonds is 4. The quantitative estimate of drug-likeness (QED) is 0.425. The van der Waals surface area contributed by atoms with Crippen LogP contribution in [0.4, 0.5) is 0 Å². The van der Waals surface area contributed by atoms with E-state index in [1.807, 2.05) is 0 Å². The first-order valence-electron chi connectivity index (χ1n) is 5.94. The predicted molar refractivity (Wildman–Crippen MR) is 67.7 cm³/mol. The molecular formula is C11H17O9P. The minimum atomic E-state index is -4.88. The predicted octanol–water partition coefficient (Wildman–Crippen LogP) is 0.260. The van der Waals surface area contributed by atoms with Crippen LogP contribution >= 0.6 is 7.82 Å². The van der Waals surface area contributed by atoms with Crippen LogP contribution in [0.3, 0.4) is 0 Å². The number of phosphoric ester groups is 1. The Balaban J connectivity index is 3.01. The lowest BCUT2D eigenvalue weighted by molar-refractivity contribution is -0.225. The molecule has 21 heavy (non-hydrogen) atoms. The fourth-order valence-electron chi connectivity index (χ4n) is 1.87. The molecule has 2 N–H and O–H groups in total. The van der Waals surface area contributed by atoms with E-state index in [1.165, 1.54) is 13.8 Å². The van der Waals surface area contributed by atoms with Gasteiger partial charge in [0.15, 0.2) is 12.2 Å². The largest absolute Gasteiger partial charge is 0.472 e. The van der Waals surface area contributed by atoms with Gasteiger partial charge in [-0.1, -0.05) is 6.58 Å². The maximum absolute atomic E-state index is 11.1. The Morgan fingerprint density at radius 1 is 1.19 bits per heavy atom. The van der Waals surface area contributed by atoms with Gasteiger partial charge in [0.2, 0.25) is 6.29 Å². The van der Waals surface area contributed by atoms with Crippen LogP contribution < -0.4 is 0 Å². The Morgan fingerprint density at radius 2 is 1.67 bits per heavy atom. The van der Waals surface area contributed by atoms with Gasteiger partial charge in [0.1, 0.15) is 0 Å². The van der Waals surface area contributed by atoms with Crippen molar-refractivity contribution >= 4 is 19.8 Å². The zero-order valence-electron chi connectivity index (χ0n) is 11.7. The van der Waals surface area contributed by atoms with E-state index in [-0.39, 0.29) is 5.57 Å². The summed E-state index contributed by atoms with van der Waals surface area (Å²) in [5.41, 5.74) is 0.109. The monoisotopic (exact) mass is 324 g/mol. The van der Waals surface area contributed by atoms with E-state index in [9.17, 15) is 14.2 Å². The van der Waals surface area contributed by atoms with Gasteiger partial charge in [-0.05, 0) is 6.92 Å². The summed E-state index contributed by atoms with van der Waals surface area (Å²) < 4.78 is 30.5. The van der Waals surface area contributed by atoms with Crippen molar-refractivity contribution in [3.05, 3.63) is 12.2 Å². The van der Waals surface area contributed by atoms with Crippen LogP contribution in [0, 0.1) is 0 Å². The van der Waals surface area contributed by atoms with Crippen LogP contribution in [0.1, 0.15) is 20.8 Å². The second kappa shape index (κ2) is 6.67. The van der Waals surface area contributed by atoms with E-state index < -0.39 is 44.4 Å². The van der Waals surface area contributed by atoms with Crippen LogP contribution in [-0.2, 0) is 32.9 Å². The summed E-state index contributed by atoms with van der Waals surface area (Å²) in [5, 5.41) is 0. The minimum Gasteiger partial charge on any atom is -0.455 e. The molecule has 1 aliphatic rings. The summed E-state index contributed by atoms with van der Waals surface area (Å²) in [5.74, 6) is -1.34. The fourth-order valence-corrected chi connectivity index (χ4v) is 2.30. The molecule has 1 heterocycles. The topological polar surface area (TPSA) is 129 Å². The third-order valence-electron chi connectivity index (χ3n) is 2.58. The summed E-state index contributed by atoms with van der Waals surface area (Å²) in [6.07, 6.45) is -4.58. The van der Waals surface area contributed by atoms with E-state index in [4.69, 9.17) is 24.0 Å². The van der Waals surface area contributed by atoms with Gasteiger partial charge < -0.3 is 24.0 Å². The van der Waals surface area contributed by atoms with Crippen molar-refractivity contribution in [3.63, 3.8) is 0 Å². The molecule has 0 aliphatic carbocycles. The van der Waals surface area contributed by atoms with Gasteiger partial charge in [0, 0.05) is 19.4 Å². The van der Waals surface area contributed by atoms with Gasteiger partial charge in [-0.15, -0.1) is 0 Å². The van der Waals surface area contributed by atoms with Crippen molar-refractivity contribution in [3.8, 4) is 0 Å². The van der Waals surface area contributed by atoms with Crippen molar-refractivity contribution in [2.45, 2.75) is 45.4 Å². The highest BCUT2D eigenvalue weighted by Gasteiger charge is 2.45. The van der Waals surface area contributed by atoms with Gasteiger partial charge in [-0.3, -0.25) is 14.1 Å². The Hall–Kier alpha value is -1.25. The summed E-state index contributed by atoms with van der Waals surface area (Å²) >= 11 is 0. The number of carbonyl (C=O) groups excluding carboxylic acids is 2. The highest BCUT2D eigenvalue weighted by atomic mass is 31.2. The number of carbonyl (C=O) groups is 2. The molecule has 1 saturated heterocycles. The molecule has 1 fully saturated rings. The third-order valence-corrected chi connectivity index (χ3v) is 3.06. The average Bonchev–Trinajstić information content (AvgIpc) is 2.27. The normalized spacial score (nSPS) is 29.9. The lowest BCUT2D eigenvalue weighted by Crippen LogP contribution is -2.51. The molecule has 0 aromatic heterocycles. The second-order valence-electron chi connectivity index (χ2n) is 4.44. The number of phosphoric acid groups is 1. The number of ether oxygens (including phenoxy) is 3. The van der Waals surface area contributed by atoms with Crippen LogP contribution in [0.15, 0.2) is 12.2 Å². The Labute approximate surface area is 121 Å². The van der Waals surface area contributed by atoms with Gasteiger partial charge in [-0.25, -0.2) is 4.57 Å². The zero-order chi connectivity index (χ0) is 16.4.